The lowest BCUT2D eigenvalue weighted by Gasteiger charge is -2.16. The number of nitrogens with one attached hydrogen (secondary N) is 3. The summed E-state index contributed by atoms with van der Waals surface area (Å²) in [4.78, 5) is 16.5. The molecule has 0 aliphatic heterocycles. The van der Waals surface area contributed by atoms with Crippen LogP contribution >= 0.6 is 0 Å². The highest BCUT2D eigenvalue weighted by Gasteiger charge is 2.32. The molecule has 2 heterocycles. The molecule has 182 valence electrons. The van der Waals surface area contributed by atoms with E-state index < -0.39 is 18.8 Å². The van der Waals surface area contributed by atoms with Gasteiger partial charge in [0.1, 0.15) is 17.9 Å². The highest BCUT2D eigenvalue weighted by Crippen LogP contribution is 2.41. The van der Waals surface area contributed by atoms with Gasteiger partial charge in [-0.2, -0.15) is 18.7 Å². The van der Waals surface area contributed by atoms with Crippen LogP contribution in [0.25, 0.3) is 16.9 Å². The van der Waals surface area contributed by atoms with E-state index in [1.165, 1.54) is 0 Å². The van der Waals surface area contributed by atoms with E-state index in [2.05, 4.69) is 15.8 Å². The van der Waals surface area contributed by atoms with Gasteiger partial charge in [-0.3, -0.25) is 4.40 Å². The van der Waals surface area contributed by atoms with Crippen LogP contribution in [0.15, 0.2) is 42.7 Å². The molecule has 1 aliphatic rings. The Bertz CT molecular complexity index is 1170. The summed E-state index contributed by atoms with van der Waals surface area (Å²) < 4.78 is 44.9. The van der Waals surface area contributed by atoms with E-state index in [4.69, 9.17) is 4.74 Å². The fourth-order valence-electron chi connectivity index (χ4n) is 3.80. The second-order valence-electron chi connectivity index (χ2n) is 8.61. The van der Waals surface area contributed by atoms with E-state index in [0.717, 1.165) is 18.4 Å². The third-order valence-electron chi connectivity index (χ3n) is 5.41. The Morgan fingerprint density at radius 1 is 1.26 bits per heavy atom. The Labute approximate surface area is 194 Å². The molecule has 8 nitrogen and oxygen atoms in total. The number of aromatic nitrogens is 2. The van der Waals surface area contributed by atoms with E-state index >= 15 is 0 Å². The van der Waals surface area contributed by atoms with Gasteiger partial charge in [-0.25, -0.2) is 9.78 Å². The van der Waals surface area contributed by atoms with Gasteiger partial charge in [-0.1, -0.05) is 0 Å². The first kappa shape index (κ1) is 23.8. The SMILES string of the molecule is CC(C)Oc1cc(NC(=O)NCC(F)(F)F)cc(-c2cnc3cc([C@@H](NO)C4CC4)ccn23)c1. The number of ether oxygens (including phenoxy) is 1. The molecule has 0 saturated heterocycles. The van der Waals surface area contributed by atoms with Gasteiger partial charge < -0.3 is 20.6 Å². The number of nitrogens with zero attached hydrogens (tertiary/aromatic N) is 2. The maximum atomic E-state index is 12.4. The topological polar surface area (TPSA) is 99.9 Å². The zero-order chi connectivity index (χ0) is 24.5. The van der Waals surface area contributed by atoms with Crippen molar-refractivity contribution in [3.05, 3.63) is 48.3 Å². The summed E-state index contributed by atoms with van der Waals surface area (Å²) >= 11 is 0. The average molecular weight is 477 g/mol. The first-order chi connectivity index (χ1) is 16.1. The minimum absolute atomic E-state index is 0.154. The number of fused-ring (bicyclic) bond motifs is 1. The monoisotopic (exact) mass is 477 g/mol. The highest BCUT2D eigenvalue weighted by molar-refractivity contribution is 5.90. The minimum Gasteiger partial charge on any atom is -0.491 e. The molecular weight excluding hydrogens is 451 g/mol. The van der Waals surface area contributed by atoms with Crippen LogP contribution in [-0.2, 0) is 0 Å². The number of pyridine rings is 1. The van der Waals surface area contributed by atoms with Crippen molar-refractivity contribution in [1.29, 1.82) is 0 Å². The normalized spacial score (nSPS) is 14.9. The van der Waals surface area contributed by atoms with Gasteiger partial charge in [0.15, 0.2) is 0 Å². The smallest absolute Gasteiger partial charge is 0.405 e. The molecule has 0 radical (unpaired) electrons. The molecule has 1 saturated carbocycles. The summed E-state index contributed by atoms with van der Waals surface area (Å²) in [7, 11) is 0. The van der Waals surface area contributed by atoms with Gasteiger partial charge in [0.05, 0.1) is 24.0 Å². The molecule has 1 atom stereocenters. The number of hydroxylamine groups is 1. The fraction of sp³-hybridized carbons (Fsp3) is 0.391. The molecule has 4 N–H and O–H groups in total. The first-order valence-electron chi connectivity index (χ1n) is 10.9. The van der Waals surface area contributed by atoms with Crippen molar-refractivity contribution in [2.24, 2.45) is 5.92 Å². The second-order valence-corrected chi connectivity index (χ2v) is 8.61. The van der Waals surface area contributed by atoms with Crippen molar-refractivity contribution in [2.45, 2.75) is 45.0 Å². The van der Waals surface area contributed by atoms with Gasteiger partial charge in [0.25, 0.3) is 0 Å². The van der Waals surface area contributed by atoms with Crippen molar-refractivity contribution in [1.82, 2.24) is 20.2 Å². The van der Waals surface area contributed by atoms with Crippen molar-refractivity contribution in [3.63, 3.8) is 0 Å². The van der Waals surface area contributed by atoms with Crippen molar-refractivity contribution < 1.29 is 27.9 Å². The molecule has 0 bridgehead atoms. The summed E-state index contributed by atoms with van der Waals surface area (Å²) in [6, 6.07) is 7.63. The summed E-state index contributed by atoms with van der Waals surface area (Å²) in [6.45, 7) is 2.25. The maximum Gasteiger partial charge on any atom is 0.405 e. The molecule has 1 aromatic carbocycles. The van der Waals surface area contributed by atoms with E-state index in [1.54, 1.807) is 29.7 Å². The second kappa shape index (κ2) is 9.51. The van der Waals surface area contributed by atoms with Crippen molar-refractivity contribution in [2.75, 3.05) is 11.9 Å². The van der Waals surface area contributed by atoms with Crippen molar-refractivity contribution >= 4 is 17.4 Å². The number of carbonyl (C=O) groups excluding carboxylic acids is 1. The average Bonchev–Trinajstić information content (AvgIpc) is 3.49. The number of hydrogen-bond donors (Lipinski definition) is 4. The Hall–Kier alpha value is -3.31. The zero-order valence-corrected chi connectivity index (χ0v) is 18.7. The number of urea groups is 1. The Balaban J connectivity index is 1.64. The Morgan fingerprint density at radius 3 is 2.68 bits per heavy atom. The first-order valence-corrected chi connectivity index (χ1v) is 10.9. The number of anilines is 1. The van der Waals surface area contributed by atoms with Crippen LogP contribution in [0.4, 0.5) is 23.7 Å². The number of carbonyl (C=O) groups is 1. The van der Waals surface area contributed by atoms with Crippen LogP contribution in [0.3, 0.4) is 0 Å². The van der Waals surface area contributed by atoms with E-state index in [0.29, 0.717) is 28.6 Å². The Kier molecular flexibility index (Phi) is 6.67. The molecule has 0 unspecified atom stereocenters. The van der Waals surface area contributed by atoms with Gasteiger partial charge in [0, 0.05) is 23.5 Å². The summed E-state index contributed by atoms with van der Waals surface area (Å²) in [5, 5.41) is 13.8. The maximum absolute atomic E-state index is 12.4. The van der Waals surface area contributed by atoms with E-state index in [-0.39, 0.29) is 17.8 Å². The Morgan fingerprint density at radius 2 is 2.03 bits per heavy atom. The molecule has 1 fully saturated rings. The summed E-state index contributed by atoms with van der Waals surface area (Å²) in [5.74, 6) is 0.840. The number of alkyl halides is 3. The van der Waals surface area contributed by atoms with Gasteiger partial charge in [-0.15, -0.1) is 0 Å². The minimum atomic E-state index is -4.51. The van der Waals surface area contributed by atoms with Crippen molar-refractivity contribution in [3.8, 4) is 17.0 Å². The number of rotatable bonds is 8. The lowest BCUT2D eigenvalue weighted by atomic mass is 10.0. The van der Waals surface area contributed by atoms with Gasteiger partial charge in [0.2, 0.25) is 0 Å². The molecule has 0 spiro atoms. The van der Waals surface area contributed by atoms with Crippen LogP contribution in [0.1, 0.15) is 38.3 Å². The van der Waals surface area contributed by atoms with Crippen LogP contribution < -0.4 is 20.9 Å². The number of imidazole rings is 1. The molecule has 1 aliphatic carbocycles. The molecule has 2 amide bonds. The molecule has 4 rings (SSSR count). The van der Waals surface area contributed by atoms with Crippen LogP contribution in [0, 0.1) is 5.92 Å². The van der Waals surface area contributed by atoms with Gasteiger partial charge in [-0.05, 0) is 62.4 Å². The third kappa shape index (κ3) is 5.78. The summed E-state index contributed by atoms with van der Waals surface area (Å²) in [6.07, 6.45) is 0.955. The molecular formula is C23H26F3N5O3. The number of amides is 2. The van der Waals surface area contributed by atoms with E-state index in [9.17, 15) is 23.2 Å². The fourth-order valence-corrected chi connectivity index (χ4v) is 3.80. The highest BCUT2D eigenvalue weighted by atomic mass is 19.4. The molecule has 34 heavy (non-hydrogen) atoms. The quantitative estimate of drug-likeness (QED) is 0.346. The lowest BCUT2D eigenvalue weighted by molar-refractivity contribution is -0.122. The van der Waals surface area contributed by atoms with E-state index in [1.807, 2.05) is 36.6 Å². The lowest BCUT2D eigenvalue weighted by Crippen LogP contribution is -2.36. The molecule has 11 heteroatoms. The van der Waals surface area contributed by atoms with Crippen LogP contribution in [0.2, 0.25) is 0 Å². The number of benzene rings is 1. The predicted octanol–water partition coefficient (Wildman–Crippen LogP) is 4.90. The predicted molar refractivity (Wildman–Crippen MR) is 120 cm³/mol. The zero-order valence-electron chi connectivity index (χ0n) is 18.7. The standard InChI is InChI=1S/C23H26F3N5O3/c1-13(2)34-18-8-16(7-17(10-18)29-22(32)28-12-23(24,25)26)19-11-27-20-9-15(5-6-31(19)20)21(30-33)14-3-4-14/h5-11,13-14,21,30,33H,3-4,12H2,1-2H3,(H2,28,29,32)/t21-/m0/s1. The third-order valence-corrected chi connectivity index (χ3v) is 5.41. The summed E-state index contributed by atoms with van der Waals surface area (Å²) in [5.41, 5.74) is 5.61. The van der Waals surface area contributed by atoms with Gasteiger partial charge >= 0.3 is 12.2 Å². The molecule has 3 aromatic rings. The molecule has 2 aromatic heterocycles. The largest absolute Gasteiger partial charge is 0.491 e. The van der Waals surface area contributed by atoms with Crippen LogP contribution in [-0.4, -0.2) is 39.4 Å². The number of hydrogen-bond acceptors (Lipinski definition) is 5. The van der Waals surface area contributed by atoms with Crippen LogP contribution in [0.5, 0.6) is 5.75 Å². The number of halogens is 3.